The van der Waals surface area contributed by atoms with E-state index in [2.05, 4.69) is 6.92 Å². The molecule has 2 atom stereocenters. The molecular weight excluding hydrogens is 332 g/mol. The highest BCUT2D eigenvalue weighted by molar-refractivity contribution is 5.33. The average molecular weight is 360 g/mol. The minimum Gasteiger partial charge on any atom is -0.378 e. The van der Waals surface area contributed by atoms with Crippen LogP contribution in [0.4, 0.5) is 17.6 Å². The third kappa shape index (κ3) is 3.81. The van der Waals surface area contributed by atoms with Crippen LogP contribution in [-0.2, 0) is 4.74 Å². The van der Waals surface area contributed by atoms with Crippen molar-refractivity contribution in [1.29, 1.82) is 0 Å². The van der Waals surface area contributed by atoms with Gasteiger partial charge in [0.1, 0.15) is 0 Å². The molecule has 2 unspecified atom stereocenters. The number of hydrogen-bond donors (Lipinski definition) is 0. The van der Waals surface area contributed by atoms with Gasteiger partial charge in [0.25, 0.3) is 0 Å². The second kappa shape index (κ2) is 7.42. The first-order valence-electron chi connectivity index (χ1n) is 9.62. The summed E-state index contributed by atoms with van der Waals surface area (Å²) in [5.74, 6) is -7.55. The van der Waals surface area contributed by atoms with Crippen LogP contribution in [0.2, 0.25) is 0 Å². The zero-order chi connectivity index (χ0) is 18.1. The fourth-order valence-corrected chi connectivity index (χ4v) is 4.70. The van der Waals surface area contributed by atoms with E-state index >= 15 is 0 Å². The van der Waals surface area contributed by atoms with E-state index in [1.807, 2.05) is 0 Å². The number of halogens is 4. The highest BCUT2D eigenvalue weighted by Crippen LogP contribution is 2.50. The van der Waals surface area contributed by atoms with Crippen molar-refractivity contribution in [3.8, 4) is 0 Å². The maximum absolute atomic E-state index is 14.1. The lowest BCUT2D eigenvalue weighted by Gasteiger charge is -2.40. The summed E-state index contributed by atoms with van der Waals surface area (Å²) < 4.78 is 61.4. The van der Waals surface area contributed by atoms with Gasteiger partial charge >= 0.3 is 11.8 Å². The van der Waals surface area contributed by atoms with E-state index in [-0.39, 0.29) is 11.7 Å². The lowest BCUT2D eigenvalue weighted by Crippen LogP contribution is -2.45. The molecule has 0 aromatic rings. The van der Waals surface area contributed by atoms with E-state index in [0.717, 1.165) is 31.9 Å². The van der Waals surface area contributed by atoms with Crippen LogP contribution in [0.1, 0.15) is 58.3 Å². The molecule has 0 bridgehead atoms. The van der Waals surface area contributed by atoms with Crippen LogP contribution >= 0.6 is 0 Å². The molecule has 3 aliphatic rings. The van der Waals surface area contributed by atoms with Crippen LogP contribution in [0.15, 0.2) is 23.8 Å². The predicted octanol–water partition coefficient (Wildman–Crippen LogP) is 6.15. The quantitative estimate of drug-likeness (QED) is 0.546. The van der Waals surface area contributed by atoms with Crippen molar-refractivity contribution in [3.63, 3.8) is 0 Å². The Kier molecular flexibility index (Phi) is 5.62. The van der Waals surface area contributed by atoms with Crippen LogP contribution in [0, 0.1) is 17.8 Å². The summed E-state index contributed by atoms with van der Waals surface area (Å²) in [6.07, 6.45) is 10.1. The molecule has 1 heterocycles. The zero-order valence-electron chi connectivity index (χ0n) is 14.8. The number of rotatable bonds is 4. The summed E-state index contributed by atoms with van der Waals surface area (Å²) in [4.78, 5) is 0. The Balaban J connectivity index is 1.54. The van der Waals surface area contributed by atoms with Gasteiger partial charge in [-0.05, 0) is 68.8 Å². The molecule has 5 heteroatoms. The Hall–Kier alpha value is -0.840. The lowest BCUT2D eigenvalue weighted by molar-refractivity contribution is -0.161. The lowest BCUT2D eigenvalue weighted by atomic mass is 9.72. The van der Waals surface area contributed by atoms with Gasteiger partial charge in [-0.3, -0.25) is 0 Å². The molecule has 0 aromatic carbocycles. The van der Waals surface area contributed by atoms with Gasteiger partial charge in [-0.25, -0.2) is 0 Å². The van der Waals surface area contributed by atoms with Crippen LogP contribution in [0.5, 0.6) is 0 Å². The molecule has 0 radical (unpaired) electrons. The van der Waals surface area contributed by atoms with Gasteiger partial charge in [0.15, 0.2) is 0 Å². The van der Waals surface area contributed by atoms with Gasteiger partial charge < -0.3 is 4.74 Å². The zero-order valence-corrected chi connectivity index (χ0v) is 14.8. The number of allylic oxidation sites excluding steroid dienone is 4. The van der Waals surface area contributed by atoms with E-state index in [9.17, 15) is 17.6 Å². The van der Waals surface area contributed by atoms with Gasteiger partial charge in [0.2, 0.25) is 0 Å². The standard InChI is InChI=1S/C20H28F4O/c1-2-4-14-6-11-18(25-13-14)16-9-7-15(8-10-16)17-5-3-12-19(21,22)20(17,23)24/h3,5,12,14-16,18H,2,4,6-11,13H2,1H3. The molecule has 1 aliphatic heterocycles. The van der Waals surface area contributed by atoms with Crippen molar-refractivity contribution in [2.24, 2.45) is 17.8 Å². The highest BCUT2D eigenvalue weighted by Gasteiger charge is 2.59. The molecule has 0 aromatic heterocycles. The minimum absolute atomic E-state index is 0.219. The Morgan fingerprint density at radius 3 is 2.36 bits per heavy atom. The topological polar surface area (TPSA) is 9.23 Å². The second-order valence-corrected chi connectivity index (χ2v) is 7.89. The normalized spacial score (nSPS) is 37.6. The van der Waals surface area contributed by atoms with Crippen molar-refractivity contribution in [2.45, 2.75) is 76.2 Å². The van der Waals surface area contributed by atoms with Gasteiger partial charge in [0, 0.05) is 12.2 Å². The third-order valence-electron chi connectivity index (χ3n) is 6.20. The van der Waals surface area contributed by atoms with Gasteiger partial charge in [-0.2, -0.15) is 17.6 Å². The first kappa shape index (κ1) is 18.9. The van der Waals surface area contributed by atoms with E-state index in [4.69, 9.17) is 4.74 Å². The average Bonchev–Trinajstić information content (AvgIpc) is 2.59. The molecule has 0 spiro atoms. The molecular formula is C20H28F4O. The Labute approximate surface area is 147 Å². The van der Waals surface area contributed by atoms with Crippen LogP contribution in [0.3, 0.4) is 0 Å². The van der Waals surface area contributed by atoms with Crippen molar-refractivity contribution >= 4 is 0 Å². The summed E-state index contributed by atoms with van der Waals surface area (Å²) in [5, 5.41) is 0. The van der Waals surface area contributed by atoms with Crippen molar-refractivity contribution in [3.05, 3.63) is 23.8 Å². The fourth-order valence-electron chi connectivity index (χ4n) is 4.70. The highest BCUT2D eigenvalue weighted by atomic mass is 19.3. The van der Waals surface area contributed by atoms with E-state index in [1.54, 1.807) is 0 Å². The van der Waals surface area contributed by atoms with Crippen LogP contribution < -0.4 is 0 Å². The SMILES string of the molecule is CCCC1CCC(C2CCC(C3=CC=CC(F)(F)C3(F)F)CC2)OC1. The summed E-state index contributed by atoms with van der Waals surface area (Å²) >= 11 is 0. The van der Waals surface area contributed by atoms with Crippen LogP contribution in [-0.4, -0.2) is 24.6 Å². The van der Waals surface area contributed by atoms with E-state index < -0.39 is 17.8 Å². The molecule has 142 valence electrons. The van der Waals surface area contributed by atoms with Crippen molar-refractivity contribution in [1.82, 2.24) is 0 Å². The Bertz CT molecular complexity index is 510. The molecule has 3 rings (SSSR count). The first-order chi connectivity index (χ1) is 11.8. The second-order valence-electron chi connectivity index (χ2n) is 7.89. The maximum Gasteiger partial charge on any atom is 0.335 e. The minimum atomic E-state index is -4.07. The molecule has 2 fully saturated rings. The van der Waals surface area contributed by atoms with Crippen molar-refractivity contribution in [2.75, 3.05) is 6.61 Å². The van der Waals surface area contributed by atoms with Crippen molar-refractivity contribution < 1.29 is 22.3 Å². The summed E-state index contributed by atoms with van der Waals surface area (Å²) in [7, 11) is 0. The van der Waals surface area contributed by atoms with E-state index in [1.165, 1.54) is 25.3 Å². The monoisotopic (exact) mass is 360 g/mol. The molecule has 0 amide bonds. The summed E-state index contributed by atoms with van der Waals surface area (Å²) in [6, 6.07) is 0. The molecule has 2 aliphatic carbocycles. The molecule has 25 heavy (non-hydrogen) atoms. The van der Waals surface area contributed by atoms with Gasteiger partial charge in [0.05, 0.1) is 6.10 Å². The predicted molar refractivity (Wildman–Crippen MR) is 89.9 cm³/mol. The Morgan fingerprint density at radius 1 is 1.04 bits per heavy atom. The smallest absolute Gasteiger partial charge is 0.335 e. The molecule has 1 saturated heterocycles. The number of hydrogen-bond acceptors (Lipinski definition) is 1. The Morgan fingerprint density at radius 2 is 1.76 bits per heavy atom. The molecule has 0 N–H and O–H groups in total. The van der Waals surface area contributed by atoms with Gasteiger partial charge in [-0.15, -0.1) is 0 Å². The molecule has 1 saturated carbocycles. The molecule has 1 nitrogen and oxygen atoms in total. The summed E-state index contributed by atoms with van der Waals surface area (Å²) in [6.45, 7) is 2.99. The third-order valence-corrected chi connectivity index (χ3v) is 6.20. The maximum atomic E-state index is 14.1. The number of alkyl halides is 4. The summed E-state index contributed by atoms with van der Waals surface area (Å²) in [5.41, 5.74) is -0.383. The van der Waals surface area contributed by atoms with E-state index in [0.29, 0.717) is 30.8 Å². The van der Waals surface area contributed by atoms with Gasteiger partial charge in [-0.1, -0.05) is 25.5 Å². The fraction of sp³-hybridized carbons (Fsp3) is 0.800. The first-order valence-corrected chi connectivity index (χ1v) is 9.62. The largest absolute Gasteiger partial charge is 0.378 e. The van der Waals surface area contributed by atoms with Crippen LogP contribution in [0.25, 0.3) is 0 Å². The number of ether oxygens (including phenoxy) is 1.